The van der Waals surface area contributed by atoms with Crippen LogP contribution in [-0.4, -0.2) is 0 Å². The van der Waals surface area contributed by atoms with Gasteiger partial charge in [-0.25, -0.2) is 0 Å². The second-order valence-electron chi connectivity index (χ2n) is 3.07. The number of hydrogen-bond acceptors (Lipinski definition) is 1. The highest BCUT2D eigenvalue weighted by Gasteiger charge is 1.97. The summed E-state index contributed by atoms with van der Waals surface area (Å²) in [4.78, 5) is 0. The number of benzene rings is 1. The van der Waals surface area contributed by atoms with E-state index in [1.807, 2.05) is 17.4 Å². The van der Waals surface area contributed by atoms with Crippen LogP contribution >= 0.6 is 11.3 Å². The SMILES string of the molecule is C=C/C=c1\c(=C/C)sc2ccccc12. The molecule has 0 unspecified atom stereocenters. The summed E-state index contributed by atoms with van der Waals surface area (Å²) in [6.07, 6.45) is 6.08. The van der Waals surface area contributed by atoms with Crippen LogP contribution in [0, 0.1) is 0 Å². The predicted molar refractivity (Wildman–Crippen MR) is 65.9 cm³/mol. The third-order valence-electron chi connectivity index (χ3n) is 2.21. The van der Waals surface area contributed by atoms with Crippen molar-refractivity contribution in [1.29, 1.82) is 0 Å². The molecule has 0 aliphatic rings. The Morgan fingerprint density at radius 2 is 2.07 bits per heavy atom. The van der Waals surface area contributed by atoms with E-state index in [0.29, 0.717) is 0 Å². The normalized spacial score (nSPS) is 13.8. The van der Waals surface area contributed by atoms with E-state index in [0.717, 1.165) is 0 Å². The molecule has 0 fully saturated rings. The van der Waals surface area contributed by atoms with Gasteiger partial charge in [-0.15, -0.1) is 11.3 Å². The van der Waals surface area contributed by atoms with Crippen LogP contribution in [0.4, 0.5) is 0 Å². The molecule has 0 N–H and O–H groups in total. The van der Waals surface area contributed by atoms with Crippen molar-refractivity contribution >= 4 is 33.6 Å². The Kier molecular flexibility index (Phi) is 2.51. The second kappa shape index (κ2) is 3.81. The molecule has 0 radical (unpaired) electrons. The van der Waals surface area contributed by atoms with Crippen molar-refractivity contribution in [2.75, 3.05) is 0 Å². The minimum Gasteiger partial charge on any atom is -0.136 e. The molecule has 2 aromatic rings. The van der Waals surface area contributed by atoms with Gasteiger partial charge >= 0.3 is 0 Å². The number of allylic oxidation sites excluding steroid dienone is 1. The Bertz CT molecular complexity index is 573. The molecule has 0 spiro atoms. The summed E-state index contributed by atoms with van der Waals surface area (Å²) >= 11 is 1.83. The lowest BCUT2D eigenvalue weighted by Gasteiger charge is -1.85. The third-order valence-corrected chi connectivity index (χ3v) is 3.46. The van der Waals surface area contributed by atoms with Crippen molar-refractivity contribution < 1.29 is 0 Å². The summed E-state index contributed by atoms with van der Waals surface area (Å²) in [5.74, 6) is 0. The second-order valence-corrected chi connectivity index (χ2v) is 4.15. The Morgan fingerprint density at radius 3 is 2.79 bits per heavy atom. The van der Waals surface area contributed by atoms with Crippen LogP contribution in [0.15, 0.2) is 36.9 Å². The van der Waals surface area contributed by atoms with Crippen LogP contribution in [0.25, 0.3) is 22.2 Å². The minimum absolute atomic E-state index is 1.29. The van der Waals surface area contributed by atoms with Crippen molar-refractivity contribution in [3.05, 3.63) is 46.7 Å². The zero-order valence-corrected chi connectivity index (χ0v) is 8.97. The summed E-state index contributed by atoms with van der Waals surface area (Å²) < 4.78 is 2.67. The van der Waals surface area contributed by atoms with Crippen LogP contribution in [0.3, 0.4) is 0 Å². The lowest BCUT2D eigenvalue weighted by molar-refractivity contribution is 1.72. The largest absolute Gasteiger partial charge is 0.136 e. The van der Waals surface area contributed by atoms with E-state index in [2.05, 4.69) is 49.9 Å². The van der Waals surface area contributed by atoms with Crippen LogP contribution < -0.4 is 9.75 Å². The van der Waals surface area contributed by atoms with Gasteiger partial charge < -0.3 is 0 Å². The molecule has 0 bridgehead atoms. The van der Waals surface area contributed by atoms with E-state index in [1.54, 1.807) is 0 Å². The number of rotatable bonds is 1. The zero-order chi connectivity index (χ0) is 9.97. The van der Waals surface area contributed by atoms with E-state index < -0.39 is 0 Å². The molecular weight excluding hydrogens is 188 g/mol. The van der Waals surface area contributed by atoms with Gasteiger partial charge in [-0.1, -0.05) is 43.0 Å². The molecule has 0 amide bonds. The monoisotopic (exact) mass is 200 g/mol. The van der Waals surface area contributed by atoms with Gasteiger partial charge in [0.2, 0.25) is 0 Å². The molecule has 0 atom stereocenters. The Hall–Kier alpha value is -1.34. The quantitative estimate of drug-likeness (QED) is 0.664. The smallest absolute Gasteiger partial charge is 0.0355 e. The molecular formula is C13H12S. The molecule has 2 rings (SSSR count). The highest BCUT2D eigenvalue weighted by atomic mass is 32.1. The van der Waals surface area contributed by atoms with E-state index in [1.165, 1.54) is 19.8 Å². The summed E-state index contributed by atoms with van der Waals surface area (Å²) in [5, 5.41) is 2.62. The fourth-order valence-corrected chi connectivity index (χ4v) is 2.67. The standard InChI is InChI=1S/C13H12S/c1-3-7-10-11-8-5-6-9-13(11)14-12(10)4-2/h3-9H,1H2,2H3/b10-7-,12-4+. The maximum absolute atomic E-state index is 3.75. The average molecular weight is 200 g/mol. The first-order valence-corrected chi connectivity index (χ1v) is 5.45. The first-order chi connectivity index (χ1) is 6.86. The van der Waals surface area contributed by atoms with Crippen LogP contribution in [0.1, 0.15) is 6.92 Å². The van der Waals surface area contributed by atoms with Gasteiger partial charge in [-0.05, 0) is 18.2 Å². The lowest BCUT2D eigenvalue weighted by Crippen LogP contribution is -2.17. The van der Waals surface area contributed by atoms with Gasteiger partial charge in [0.05, 0.1) is 0 Å². The Morgan fingerprint density at radius 1 is 1.29 bits per heavy atom. The third kappa shape index (κ3) is 1.40. The van der Waals surface area contributed by atoms with Gasteiger partial charge in [-0.2, -0.15) is 0 Å². The minimum atomic E-state index is 1.29. The molecule has 70 valence electrons. The Labute approximate surface area is 87.5 Å². The fraction of sp³-hybridized carbons (Fsp3) is 0.0769. The number of fused-ring (bicyclic) bond motifs is 1. The van der Waals surface area contributed by atoms with Crippen LogP contribution in [-0.2, 0) is 0 Å². The maximum atomic E-state index is 3.75. The van der Waals surface area contributed by atoms with Gasteiger partial charge in [-0.3, -0.25) is 0 Å². The molecule has 0 aliphatic heterocycles. The van der Waals surface area contributed by atoms with Gasteiger partial charge in [0.1, 0.15) is 0 Å². The van der Waals surface area contributed by atoms with Crippen LogP contribution in [0.2, 0.25) is 0 Å². The zero-order valence-electron chi connectivity index (χ0n) is 8.16. The summed E-state index contributed by atoms with van der Waals surface area (Å²) in [6.45, 7) is 5.83. The molecule has 0 aliphatic carbocycles. The van der Waals surface area contributed by atoms with E-state index >= 15 is 0 Å². The maximum Gasteiger partial charge on any atom is 0.0355 e. The molecule has 1 heterocycles. The van der Waals surface area contributed by atoms with Gasteiger partial charge in [0, 0.05) is 14.6 Å². The summed E-state index contributed by atoms with van der Waals surface area (Å²) in [7, 11) is 0. The fourth-order valence-electron chi connectivity index (χ4n) is 1.59. The van der Waals surface area contributed by atoms with Gasteiger partial charge in [0.15, 0.2) is 0 Å². The summed E-state index contributed by atoms with van der Waals surface area (Å²) in [5.41, 5.74) is 0. The van der Waals surface area contributed by atoms with Crippen molar-refractivity contribution in [1.82, 2.24) is 0 Å². The van der Waals surface area contributed by atoms with Crippen molar-refractivity contribution in [2.24, 2.45) is 0 Å². The molecule has 0 saturated heterocycles. The van der Waals surface area contributed by atoms with Gasteiger partial charge in [0.25, 0.3) is 0 Å². The molecule has 0 nitrogen and oxygen atoms in total. The molecule has 1 aromatic carbocycles. The van der Waals surface area contributed by atoms with Crippen LogP contribution in [0.5, 0.6) is 0 Å². The first-order valence-electron chi connectivity index (χ1n) is 4.63. The molecule has 1 heteroatoms. The Balaban J connectivity index is 3.04. The molecule has 0 saturated carbocycles. The number of hydrogen-bond donors (Lipinski definition) is 0. The van der Waals surface area contributed by atoms with Crippen molar-refractivity contribution in [2.45, 2.75) is 6.92 Å². The predicted octanol–water partition coefficient (Wildman–Crippen LogP) is 2.67. The van der Waals surface area contributed by atoms with E-state index in [9.17, 15) is 0 Å². The first kappa shape index (κ1) is 9.22. The highest BCUT2D eigenvalue weighted by molar-refractivity contribution is 7.17. The van der Waals surface area contributed by atoms with Crippen molar-refractivity contribution in [3.8, 4) is 0 Å². The van der Waals surface area contributed by atoms with E-state index in [4.69, 9.17) is 0 Å². The topological polar surface area (TPSA) is 0 Å². The number of thiophene rings is 1. The summed E-state index contributed by atoms with van der Waals surface area (Å²) in [6, 6.07) is 8.48. The highest BCUT2D eigenvalue weighted by Crippen LogP contribution is 2.11. The molecule has 1 aromatic heterocycles. The van der Waals surface area contributed by atoms with E-state index in [-0.39, 0.29) is 0 Å². The van der Waals surface area contributed by atoms with Crippen molar-refractivity contribution in [3.63, 3.8) is 0 Å². The molecule has 14 heavy (non-hydrogen) atoms. The average Bonchev–Trinajstić information content (AvgIpc) is 2.58. The lowest BCUT2D eigenvalue weighted by atomic mass is 10.2.